The largest absolute Gasteiger partial charge is 0.369 e. The highest BCUT2D eigenvalue weighted by atomic mass is 19.1. The van der Waals surface area contributed by atoms with Crippen LogP contribution in [0.1, 0.15) is 24.8 Å². The maximum atomic E-state index is 13.6. The van der Waals surface area contributed by atoms with Gasteiger partial charge in [0.15, 0.2) is 0 Å². The van der Waals surface area contributed by atoms with Crippen LogP contribution in [0, 0.1) is 17.1 Å². The highest BCUT2D eigenvalue weighted by Gasteiger charge is 2.30. The fraction of sp³-hybridized carbons (Fsp3) is 0.500. The maximum Gasteiger partial charge on any atom is 0.143 e. The Kier molecular flexibility index (Phi) is 2.92. The molecule has 0 aromatic heterocycles. The molecule has 1 N–H and O–H groups in total. The van der Waals surface area contributed by atoms with Crippen molar-refractivity contribution in [3.63, 3.8) is 0 Å². The van der Waals surface area contributed by atoms with Crippen LogP contribution in [0.5, 0.6) is 0 Å². The number of nitriles is 1. The summed E-state index contributed by atoms with van der Waals surface area (Å²) in [4.78, 5) is 2.15. The minimum absolute atomic E-state index is 0.176. The van der Waals surface area contributed by atoms with E-state index in [4.69, 9.17) is 5.26 Å². The number of nitrogens with zero attached hydrogens (tertiary/aromatic N) is 2. The van der Waals surface area contributed by atoms with E-state index in [-0.39, 0.29) is 5.56 Å². The molecule has 2 unspecified atom stereocenters. The van der Waals surface area contributed by atoms with E-state index in [1.54, 1.807) is 6.07 Å². The van der Waals surface area contributed by atoms with Crippen molar-refractivity contribution in [2.45, 2.75) is 31.3 Å². The lowest BCUT2D eigenvalue weighted by Gasteiger charge is -2.27. The molecule has 2 aliphatic heterocycles. The zero-order valence-electron chi connectivity index (χ0n) is 10.2. The molecule has 94 valence electrons. The number of benzene rings is 1. The molecule has 2 saturated heterocycles. The summed E-state index contributed by atoms with van der Waals surface area (Å²) >= 11 is 0. The Labute approximate surface area is 106 Å². The number of hydrogen-bond donors (Lipinski definition) is 1. The lowest BCUT2D eigenvalue weighted by atomic mass is 10.1. The van der Waals surface area contributed by atoms with Gasteiger partial charge in [0, 0.05) is 25.2 Å². The first kappa shape index (κ1) is 11.5. The predicted molar refractivity (Wildman–Crippen MR) is 67.9 cm³/mol. The van der Waals surface area contributed by atoms with Gasteiger partial charge in [-0.1, -0.05) is 6.07 Å². The van der Waals surface area contributed by atoms with Gasteiger partial charge in [0.25, 0.3) is 0 Å². The molecule has 0 amide bonds. The SMILES string of the molecule is N#Cc1c(F)cccc1N1CCC2CCC(C1)N2. The summed E-state index contributed by atoms with van der Waals surface area (Å²) in [7, 11) is 0. The van der Waals surface area contributed by atoms with Gasteiger partial charge < -0.3 is 10.2 Å². The summed E-state index contributed by atoms with van der Waals surface area (Å²) in [6.07, 6.45) is 3.49. The van der Waals surface area contributed by atoms with Crippen molar-refractivity contribution in [1.82, 2.24) is 5.32 Å². The van der Waals surface area contributed by atoms with Gasteiger partial charge in [-0.25, -0.2) is 4.39 Å². The van der Waals surface area contributed by atoms with Gasteiger partial charge in [-0.15, -0.1) is 0 Å². The molecule has 0 radical (unpaired) electrons. The molecular formula is C14H16FN3. The first-order valence-electron chi connectivity index (χ1n) is 6.47. The highest BCUT2D eigenvalue weighted by Crippen LogP contribution is 2.27. The lowest BCUT2D eigenvalue weighted by Crippen LogP contribution is -2.35. The van der Waals surface area contributed by atoms with Crippen LogP contribution in [0.4, 0.5) is 10.1 Å². The van der Waals surface area contributed by atoms with Gasteiger partial charge in [-0.05, 0) is 31.4 Å². The van der Waals surface area contributed by atoms with E-state index in [1.165, 1.54) is 18.9 Å². The van der Waals surface area contributed by atoms with Gasteiger partial charge in [0.05, 0.1) is 5.69 Å². The number of fused-ring (bicyclic) bond motifs is 2. The third-order valence-electron chi connectivity index (χ3n) is 3.97. The molecule has 4 heteroatoms. The summed E-state index contributed by atoms with van der Waals surface area (Å²) in [5.74, 6) is -0.419. The Morgan fingerprint density at radius 1 is 1.28 bits per heavy atom. The molecule has 18 heavy (non-hydrogen) atoms. The first-order chi connectivity index (χ1) is 8.78. The molecule has 0 saturated carbocycles. The third kappa shape index (κ3) is 1.95. The molecule has 1 aromatic carbocycles. The summed E-state index contributed by atoms with van der Waals surface area (Å²) in [5.41, 5.74) is 0.919. The minimum Gasteiger partial charge on any atom is -0.369 e. The van der Waals surface area contributed by atoms with E-state index >= 15 is 0 Å². The Morgan fingerprint density at radius 3 is 2.94 bits per heavy atom. The molecule has 3 nitrogen and oxygen atoms in total. The first-order valence-corrected chi connectivity index (χ1v) is 6.47. The van der Waals surface area contributed by atoms with Crippen LogP contribution in [0.15, 0.2) is 18.2 Å². The molecule has 2 bridgehead atoms. The van der Waals surface area contributed by atoms with E-state index in [0.717, 1.165) is 25.2 Å². The van der Waals surface area contributed by atoms with Crippen LogP contribution in [-0.2, 0) is 0 Å². The van der Waals surface area contributed by atoms with E-state index in [0.29, 0.717) is 12.1 Å². The number of halogens is 1. The average molecular weight is 245 g/mol. The van der Waals surface area contributed by atoms with Crippen molar-refractivity contribution in [2.24, 2.45) is 0 Å². The van der Waals surface area contributed by atoms with Gasteiger partial charge in [-0.3, -0.25) is 0 Å². The molecular weight excluding hydrogens is 229 g/mol. The van der Waals surface area contributed by atoms with Crippen molar-refractivity contribution in [3.8, 4) is 6.07 Å². The molecule has 2 heterocycles. The Bertz CT molecular complexity index is 494. The smallest absolute Gasteiger partial charge is 0.143 e. The Morgan fingerprint density at radius 2 is 2.11 bits per heavy atom. The number of anilines is 1. The van der Waals surface area contributed by atoms with Gasteiger partial charge in [0.2, 0.25) is 0 Å². The predicted octanol–water partition coefficient (Wildman–Crippen LogP) is 2.03. The van der Waals surface area contributed by atoms with E-state index < -0.39 is 5.82 Å². The fourth-order valence-corrected chi connectivity index (χ4v) is 3.05. The Hall–Kier alpha value is -1.60. The summed E-state index contributed by atoms with van der Waals surface area (Å²) in [6.45, 7) is 1.76. The van der Waals surface area contributed by atoms with Gasteiger partial charge in [-0.2, -0.15) is 5.26 Å². The monoisotopic (exact) mass is 245 g/mol. The summed E-state index contributed by atoms with van der Waals surface area (Å²) in [5, 5.41) is 12.7. The van der Waals surface area contributed by atoms with Crippen molar-refractivity contribution in [2.75, 3.05) is 18.0 Å². The van der Waals surface area contributed by atoms with E-state index in [2.05, 4.69) is 10.2 Å². The number of nitrogens with one attached hydrogen (secondary N) is 1. The molecule has 2 atom stereocenters. The lowest BCUT2D eigenvalue weighted by molar-refractivity contribution is 0.563. The van der Waals surface area contributed by atoms with Crippen molar-refractivity contribution >= 4 is 5.69 Å². The van der Waals surface area contributed by atoms with Crippen LogP contribution in [0.2, 0.25) is 0 Å². The molecule has 1 aromatic rings. The zero-order chi connectivity index (χ0) is 12.5. The third-order valence-corrected chi connectivity index (χ3v) is 3.97. The molecule has 2 fully saturated rings. The topological polar surface area (TPSA) is 39.1 Å². The van der Waals surface area contributed by atoms with Crippen LogP contribution >= 0.6 is 0 Å². The maximum absolute atomic E-state index is 13.6. The van der Waals surface area contributed by atoms with Gasteiger partial charge in [0.1, 0.15) is 17.4 Å². The van der Waals surface area contributed by atoms with Crippen LogP contribution < -0.4 is 10.2 Å². The van der Waals surface area contributed by atoms with Crippen molar-refractivity contribution in [1.29, 1.82) is 5.26 Å². The minimum atomic E-state index is -0.419. The summed E-state index contributed by atoms with van der Waals surface area (Å²) in [6, 6.07) is 7.95. The molecule has 0 aliphatic carbocycles. The van der Waals surface area contributed by atoms with Gasteiger partial charge >= 0.3 is 0 Å². The fourth-order valence-electron chi connectivity index (χ4n) is 3.05. The normalized spacial score (nSPS) is 26.8. The van der Waals surface area contributed by atoms with Crippen LogP contribution in [-0.4, -0.2) is 25.2 Å². The zero-order valence-corrected chi connectivity index (χ0v) is 10.2. The second-order valence-electron chi connectivity index (χ2n) is 5.12. The molecule has 0 spiro atoms. The second-order valence-corrected chi connectivity index (χ2v) is 5.12. The van der Waals surface area contributed by atoms with Crippen molar-refractivity contribution < 1.29 is 4.39 Å². The van der Waals surface area contributed by atoms with Crippen molar-refractivity contribution in [3.05, 3.63) is 29.6 Å². The average Bonchev–Trinajstić information content (AvgIpc) is 2.69. The van der Waals surface area contributed by atoms with Crippen LogP contribution in [0.3, 0.4) is 0 Å². The molecule has 3 rings (SSSR count). The van der Waals surface area contributed by atoms with Crippen LogP contribution in [0.25, 0.3) is 0 Å². The summed E-state index contributed by atoms with van der Waals surface area (Å²) < 4.78 is 13.6. The quantitative estimate of drug-likeness (QED) is 0.822. The molecule has 2 aliphatic rings. The van der Waals surface area contributed by atoms with E-state index in [1.807, 2.05) is 12.1 Å². The highest BCUT2D eigenvalue weighted by molar-refractivity contribution is 5.60. The second kappa shape index (κ2) is 4.58. The standard InChI is InChI=1S/C14H16FN3/c15-13-2-1-3-14(12(13)8-16)18-7-6-10-4-5-11(9-18)17-10/h1-3,10-11,17H,4-7,9H2. The number of hydrogen-bond acceptors (Lipinski definition) is 3. The number of rotatable bonds is 1. The Balaban J connectivity index is 1.91. The van der Waals surface area contributed by atoms with E-state index in [9.17, 15) is 4.39 Å².